The van der Waals surface area contributed by atoms with Crippen LogP contribution in [0.15, 0.2) is 0 Å². The van der Waals surface area contributed by atoms with Gasteiger partial charge in [-0.25, -0.2) is 0 Å². The van der Waals surface area contributed by atoms with Crippen LogP contribution in [0.25, 0.3) is 0 Å². The van der Waals surface area contributed by atoms with E-state index >= 15 is 0 Å². The number of hydrogen-bond acceptors (Lipinski definition) is 4. The average molecular weight is 335 g/mol. The van der Waals surface area contributed by atoms with Crippen LogP contribution in [0.3, 0.4) is 0 Å². The van der Waals surface area contributed by atoms with Gasteiger partial charge in [0.2, 0.25) is 5.91 Å². The fourth-order valence-electron chi connectivity index (χ4n) is 4.53. The molecule has 0 aromatic rings. The Morgan fingerprint density at radius 1 is 1.04 bits per heavy atom. The lowest BCUT2D eigenvalue weighted by Gasteiger charge is -2.41. The molecule has 2 aliphatic carbocycles. The number of piperazine rings is 1. The zero-order chi connectivity index (χ0) is 16.5. The first kappa shape index (κ1) is 16.8. The first-order valence-corrected chi connectivity index (χ1v) is 10.1. The Labute approximate surface area is 146 Å². The molecule has 24 heavy (non-hydrogen) atoms. The van der Waals surface area contributed by atoms with Crippen molar-refractivity contribution in [1.29, 1.82) is 0 Å². The SMILES string of the molecule is CC(C1CC1)N(C(=O)CN1CCN(C2CCOCC2)CC1)C1CC1. The summed E-state index contributed by atoms with van der Waals surface area (Å²) >= 11 is 0. The molecule has 0 bridgehead atoms. The normalized spacial score (nSPS) is 28.7. The summed E-state index contributed by atoms with van der Waals surface area (Å²) < 4.78 is 5.48. The van der Waals surface area contributed by atoms with Crippen molar-refractivity contribution in [3.05, 3.63) is 0 Å². The van der Waals surface area contributed by atoms with E-state index in [0.717, 1.165) is 45.3 Å². The lowest BCUT2D eigenvalue weighted by atomic mass is 10.1. The molecule has 2 heterocycles. The third-order valence-electron chi connectivity index (χ3n) is 6.44. The van der Waals surface area contributed by atoms with Gasteiger partial charge in [-0.2, -0.15) is 0 Å². The number of hydrogen-bond donors (Lipinski definition) is 0. The van der Waals surface area contributed by atoms with Crippen LogP contribution in [-0.2, 0) is 9.53 Å². The second-order valence-corrected chi connectivity index (χ2v) is 8.27. The van der Waals surface area contributed by atoms with Crippen molar-refractivity contribution in [2.45, 2.75) is 63.6 Å². The largest absolute Gasteiger partial charge is 0.381 e. The molecule has 136 valence electrons. The van der Waals surface area contributed by atoms with E-state index in [1.165, 1.54) is 38.5 Å². The minimum absolute atomic E-state index is 0.386. The minimum Gasteiger partial charge on any atom is -0.381 e. The summed E-state index contributed by atoms with van der Waals surface area (Å²) in [4.78, 5) is 20.2. The summed E-state index contributed by atoms with van der Waals surface area (Å²) in [5.41, 5.74) is 0. The summed E-state index contributed by atoms with van der Waals surface area (Å²) in [6.07, 6.45) is 7.43. The van der Waals surface area contributed by atoms with E-state index in [4.69, 9.17) is 4.74 Å². The Morgan fingerprint density at radius 3 is 2.29 bits per heavy atom. The molecule has 5 nitrogen and oxygen atoms in total. The van der Waals surface area contributed by atoms with Crippen LogP contribution in [0, 0.1) is 5.92 Å². The Hall–Kier alpha value is -0.650. The van der Waals surface area contributed by atoms with Gasteiger partial charge in [-0.15, -0.1) is 0 Å². The van der Waals surface area contributed by atoms with Crippen molar-refractivity contribution in [3.8, 4) is 0 Å². The van der Waals surface area contributed by atoms with Crippen molar-refractivity contribution < 1.29 is 9.53 Å². The second-order valence-electron chi connectivity index (χ2n) is 8.27. The molecule has 4 rings (SSSR count). The van der Waals surface area contributed by atoms with Crippen molar-refractivity contribution in [1.82, 2.24) is 14.7 Å². The number of nitrogens with zero attached hydrogens (tertiary/aromatic N) is 3. The maximum Gasteiger partial charge on any atom is 0.237 e. The summed E-state index contributed by atoms with van der Waals surface area (Å²) in [7, 11) is 0. The third kappa shape index (κ3) is 3.94. The van der Waals surface area contributed by atoms with Crippen LogP contribution >= 0.6 is 0 Å². The molecule has 0 aromatic heterocycles. The first-order valence-electron chi connectivity index (χ1n) is 10.1. The van der Waals surface area contributed by atoms with E-state index in [-0.39, 0.29) is 0 Å². The highest BCUT2D eigenvalue weighted by Crippen LogP contribution is 2.39. The fraction of sp³-hybridized carbons (Fsp3) is 0.947. The van der Waals surface area contributed by atoms with E-state index in [2.05, 4.69) is 21.6 Å². The summed E-state index contributed by atoms with van der Waals surface area (Å²) in [6.45, 7) is 9.04. The molecule has 0 radical (unpaired) electrons. The fourth-order valence-corrected chi connectivity index (χ4v) is 4.53. The lowest BCUT2D eigenvalue weighted by molar-refractivity contribution is -0.136. The molecule has 4 aliphatic rings. The van der Waals surface area contributed by atoms with Gasteiger partial charge in [0.05, 0.1) is 6.54 Å². The topological polar surface area (TPSA) is 36.0 Å². The standard InChI is InChI=1S/C19H33N3O2/c1-15(16-2-3-16)22(18-4-5-18)19(23)14-20-8-10-21(11-9-20)17-6-12-24-13-7-17/h15-18H,2-14H2,1H3. The summed E-state index contributed by atoms with van der Waals surface area (Å²) in [6, 6.07) is 1.72. The van der Waals surface area contributed by atoms with Gasteiger partial charge in [-0.3, -0.25) is 14.6 Å². The number of ether oxygens (including phenoxy) is 1. The molecule has 1 atom stereocenters. The Morgan fingerprint density at radius 2 is 1.71 bits per heavy atom. The highest BCUT2D eigenvalue weighted by atomic mass is 16.5. The number of carbonyl (C=O) groups is 1. The monoisotopic (exact) mass is 335 g/mol. The van der Waals surface area contributed by atoms with Gasteiger partial charge in [0.25, 0.3) is 0 Å². The number of carbonyl (C=O) groups excluding carboxylic acids is 1. The Kier molecular flexibility index (Phi) is 5.11. The minimum atomic E-state index is 0.386. The molecule has 5 heteroatoms. The van der Waals surface area contributed by atoms with Gasteiger partial charge in [0, 0.05) is 57.5 Å². The van der Waals surface area contributed by atoms with Crippen LogP contribution in [0.2, 0.25) is 0 Å². The van der Waals surface area contributed by atoms with E-state index in [9.17, 15) is 4.79 Å². The predicted octanol–water partition coefficient (Wildman–Crippen LogP) is 1.57. The van der Waals surface area contributed by atoms with Crippen molar-refractivity contribution >= 4 is 5.91 Å². The van der Waals surface area contributed by atoms with Crippen molar-refractivity contribution in [2.24, 2.45) is 5.92 Å². The molecule has 1 unspecified atom stereocenters. The van der Waals surface area contributed by atoms with Crippen molar-refractivity contribution in [2.75, 3.05) is 45.9 Å². The van der Waals surface area contributed by atoms with Crippen LogP contribution in [0.1, 0.15) is 45.4 Å². The molecular weight excluding hydrogens is 302 g/mol. The second kappa shape index (κ2) is 7.30. The summed E-state index contributed by atoms with van der Waals surface area (Å²) in [5, 5.41) is 0. The lowest BCUT2D eigenvalue weighted by Crippen LogP contribution is -2.54. The van der Waals surface area contributed by atoms with E-state index in [1.807, 2.05) is 0 Å². The average Bonchev–Trinajstić information content (AvgIpc) is 3.48. The molecule has 0 N–H and O–H groups in total. The molecule has 2 saturated heterocycles. The van der Waals surface area contributed by atoms with Crippen LogP contribution in [-0.4, -0.2) is 84.7 Å². The van der Waals surface area contributed by atoms with Crippen LogP contribution in [0.4, 0.5) is 0 Å². The van der Waals surface area contributed by atoms with Gasteiger partial charge in [0.15, 0.2) is 0 Å². The molecule has 4 fully saturated rings. The van der Waals surface area contributed by atoms with Crippen molar-refractivity contribution in [3.63, 3.8) is 0 Å². The van der Waals surface area contributed by atoms with Gasteiger partial charge in [0.1, 0.15) is 0 Å². The molecule has 2 aliphatic heterocycles. The van der Waals surface area contributed by atoms with Crippen LogP contribution in [0.5, 0.6) is 0 Å². The van der Waals surface area contributed by atoms with E-state index in [0.29, 0.717) is 30.6 Å². The molecule has 0 spiro atoms. The maximum absolute atomic E-state index is 12.9. The molecule has 2 saturated carbocycles. The van der Waals surface area contributed by atoms with E-state index in [1.54, 1.807) is 0 Å². The van der Waals surface area contributed by atoms with Crippen LogP contribution < -0.4 is 0 Å². The molecule has 0 aromatic carbocycles. The van der Waals surface area contributed by atoms with Gasteiger partial charge < -0.3 is 9.64 Å². The number of rotatable bonds is 6. The number of amides is 1. The first-order chi connectivity index (χ1) is 11.7. The van der Waals surface area contributed by atoms with Gasteiger partial charge >= 0.3 is 0 Å². The zero-order valence-corrected chi connectivity index (χ0v) is 15.2. The van der Waals surface area contributed by atoms with E-state index < -0.39 is 0 Å². The highest BCUT2D eigenvalue weighted by molar-refractivity contribution is 5.79. The van der Waals surface area contributed by atoms with Gasteiger partial charge in [-0.05, 0) is 51.4 Å². The van der Waals surface area contributed by atoms with Gasteiger partial charge in [-0.1, -0.05) is 0 Å². The third-order valence-corrected chi connectivity index (χ3v) is 6.44. The molecular formula is C19H33N3O2. The highest BCUT2D eigenvalue weighted by Gasteiger charge is 2.42. The quantitative estimate of drug-likeness (QED) is 0.738. The molecule has 1 amide bonds. The smallest absolute Gasteiger partial charge is 0.237 e. The Balaban J connectivity index is 1.25. The predicted molar refractivity (Wildman–Crippen MR) is 93.9 cm³/mol. The summed E-state index contributed by atoms with van der Waals surface area (Å²) in [5.74, 6) is 1.16. The Bertz CT molecular complexity index is 436. The maximum atomic E-state index is 12.9. The zero-order valence-electron chi connectivity index (χ0n) is 15.2.